The zero-order valence-electron chi connectivity index (χ0n) is 12.9. The summed E-state index contributed by atoms with van der Waals surface area (Å²) in [6, 6.07) is 1.29. The largest absolute Gasteiger partial charge is 0.348 e. The van der Waals surface area contributed by atoms with Crippen LogP contribution in [0.1, 0.15) is 51.1 Å². The standard InChI is InChI=1S/C15H27N3S/c1-6-13-14(9-16-12-7-8-12)19-15(17-13)18(5)11(4)10(2)3/h10-12,16H,6-9H2,1-5H3. The van der Waals surface area contributed by atoms with Gasteiger partial charge in [-0.05, 0) is 32.1 Å². The normalized spacial score (nSPS) is 16.9. The first-order valence-electron chi connectivity index (χ1n) is 7.47. The third-order valence-electron chi connectivity index (χ3n) is 4.11. The first kappa shape index (κ1) is 14.8. The molecule has 0 saturated heterocycles. The summed E-state index contributed by atoms with van der Waals surface area (Å²) in [5, 5.41) is 4.78. The Morgan fingerprint density at radius 3 is 2.58 bits per heavy atom. The molecular weight excluding hydrogens is 254 g/mol. The highest BCUT2D eigenvalue weighted by Crippen LogP contribution is 2.29. The van der Waals surface area contributed by atoms with Crippen molar-refractivity contribution in [1.82, 2.24) is 10.3 Å². The maximum absolute atomic E-state index is 4.83. The van der Waals surface area contributed by atoms with Crippen LogP contribution < -0.4 is 10.2 Å². The number of aryl methyl sites for hydroxylation is 1. The van der Waals surface area contributed by atoms with Crippen molar-refractivity contribution in [2.45, 2.75) is 65.6 Å². The highest BCUT2D eigenvalue weighted by molar-refractivity contribution is 7.15. The average molecular weight is 281 g/mol. The van der Waals surface area contributed by atoms with Crippen LogP contribution >= 0.6 is 11.3 Å². The number of anilines is 1. The van der Waals surface area contributed by atoms with Crippen LogP contribution in [0.2, 0.25) is 0 Å². The van der Waals surface area contributed by atoms with Gasteiger partial charge in [-0.15, -0.1) is 11.3 Å². The molecule has 1 aromatic heterocycles. The molecule has 1 aliphatic carbocycles. The Morgan fingerprint density at radius 1 is 1.37 bits per heavy atom. The van der Waals surface area contributed by atoms with E-state index in [4.69, 9.17) is 4.98 Å². The summed E-state index contributed by atoms with van der Waals surface area (Å²) in [4.78, 5) is 8.59. The lowest BCUT2D eigenvalue weighted by molar-refractivity contribution is 0.505. The molecule has 2 rings (SSSR count). The fourth-order valence-electron chi connectivity index (χ4n) is 2.08. The van der Waals surface area contributed by atoms with Crippen LogP contribution in [0.25, 0.3) is 0 Å². The highest BCUT2D eigenvalue weighted by Gasteiger charge is 2.22. The molecule has 4 heteroatoms. The van der Waals surface area contributed by atoms with Crippen molar-refractivity contribution in [2.24, 2.45) is 5.92 Å². The van der Waals surface area contributed by atoms with E-state index in [9.17, 15) is 0 Å². The molecule has 0 bridgehead atoms. The molecule has 1 aromatic rings. The zero-order valence-corrected chi connectivity index (χ0v) is 13.7. The van der Waals surface area contributed by atoms with E-state index in [2.05, 4.69) is 45.0 Å². The quantitative estimate of drug-likeness (QED) is 0.830. The second-order valence-corrected chi connectivity index (χ2v) is 7.03. The lowest BCUT2D eigenvalue weighted by atomic mass is 10.1. The molecular formula is C15H27N3S. The van der Waals surface area contributed by atoms with E-state index in [0.29, 0.717) is 12.0 Å². The van der Waals surface area contributed by atoms with E-state index in [1.54, 1.807) is 0 Å². The average Bonchev–Trinajstić information content (AvgIpc) is 3.13. The molecule has 0 amide bonds. The molecule has 1 unspecified atom stereocenters. The molecule has 1 saturated carbocycles. The Morgan fingerprint density at radius 2 is 2.05 bits per heavy atom. The van der Waals surface area contributed by atoms with E-state index < -0.39 is 0 Å². The molecule has 1 aliphatic rings. The summed E-state index contributed by atoms with van der Waals surface area (Å²) in [5.41, 5.74) is 1.27. The highest BCUT2D eigenvalue weighted by atomic mass is 32.1. The number of hydrogen-bond acceptors (Lipinski definition) is 4. The van der Waals surface area contributed by atoms with Gasteiger partial charge in [0.05, 0.1) is 5.69 Å². The molecule has 1 heterocycles. The Labute approximate surface area is 121 Å². The van der Waals surface area contributed by atoms with E-state index in [-0.39, 0.29) is 0 Å². The third kappa shape index (κ3) is 3.69. The molecule has 3 nitrogen and oxygen atoms in total. The van der Waals surface area contributed by atoms with Crippen molar-refractivity contribution < 1.29 is 0 Å². The zero-order chi connectivity index (χ0) is 14.0. The number of nitrogens with zero attached hydrogens (tertiary/aromatic N) is 2. The topological polar surface area (TPSA) is 28.2 Å². The molecule has 108 valence electrons. The van der Waals surface area contributed by atoms with E-state index in [1.807, 2.05) is 11.3 Å². The summed E-state index contributed by atoms with van der Waals surface area (Å²) < 4.78 is 0. The molecule has 19 heavy (non-hydrogen) atoms. The van der Waals surface area contributed by atoms with Crippen LogP contribution in [0.3, 0.4) is 0 Å². The Balaban J connectivity index is 2.07. The maximum Gasteiger partial charge on any atom is 0.185 e. The predicted molar refractivity (Wildman–Crippen MR) is 84.1 cm³/mol. The molecule has 0 radical (unpaired) electrons. The van der Waals surface area contributed by atoms with Crippen molar-refractivity contribution in [3.8, 4) is 0 Å². The molecule has 0 spiro atoms. The van der Waals surface area contributed by atoms with Crippen LogP contribution in [-0.2, 0) is 13.0 Å². The van der Waals surface area contributed by atoms with E-state index >= 15 is 0 Å². The monoisotopic (exact) mass is 281 g/mol. The van der Waals surface area contributed by atoms with Gasteiger partial charge in [0.15, 0.2) is 5.13 Å². The number of thiazole rings is 1. The van der Waals surface area contributed by atoms with Crippen molar-refractivity contribution in [3.05, 3.63) is 10.6 Å². The van der Waals surface area contributed by atoms with Gasteiger partial charge in [-0.2, -0.15) is 0 Å². The van der Waals surface area contributed by atoms with Crippen LogP contribution in [0.5, 0.6) is 0 Å². The number of hydrogen-bond donors (Lipinski definition) is 1. The van der Waals surface area contributed by atoms with Crippen LogP contribution in [0.4, 0.5) is 5.13 Å². The minimum absolute atomic E-state index is 0.528. The first-order valence-corrected chi connectivity index (χ1v) is 8.29. The van der Waals surface area contributed by atoms with Gasteiger partial charge in [0.25, 0.3) is 0 Å². The maximum atomic E-state index is 4.83. The second kappa shape index (κ2) is 6.23. The van der Waals surface area contributed by atoms with Crippen molar-refractivity contribution in [2.75, 3.05) is 11.9 Å². The molecule has 0 aliphatic heterocycles. The lowest BCUT2D eigenvalue weighted by Gasteiger charge is -2.27. The van der Waals surface area contributed by atoms with Crippen molar-refractivity contribution in [1.29, 1.82) is 0 Å². The SMILES string of the molecule is CCc1nc(N(C)C(C)C(C)C)sc1CNC1CC1. The van der Waals surface area contributed by atoms with Gasteiger partial charge < -0.3 is 10.2 Å². The van der Waals surface area contributed by atoms with Gasteiger partial charge in [0, 0.05) is 30.6 Å². The number of aromatic nitrogens is 1. The van der Waals surface area contributed by atoms with Gasteiger partial charge in [-0.25, -0.2) is 4.98 Å². The van der Waals surface area contributed by atoms with Gasteiger partial charge >= 0.3 is 0 Å². The predicted octanol–water partition coefficient (Wildman–Crippen LogP) is 3.44. The Kier molecular flexibility index (Phi) is 4.85. The summed E-state index contributed by atoms with van der Waals surface area (Å²) >= 11 is 1.86. The molecule has 1 atom stereocenters. The van der Waals surface area contributed by atoms with Crippen LogP contribution in [-0.4, -0.2) is 24.1 Å². The van der Waals surface area contributed by atoms with Gasteiger partial charge in [-0.3, -0.25) is 0 Å². The summed E-state index contributed by atoms with van der Waals surface area (Å²) in [5.74, 6) is 0.645. The summed E-state index contributed by atoms with van der Waals surface area (Å²) in [6.45, 7) is 10.0. The summed E-state index contributed by atoms with van der Waals surface area (Å²) in [6.07, 6.45) is 3.72. The van der Waals surface area contributed by atoms with Crippen LogP contribution in [0.15, 0.2) is 0 Å². The molecule has 1 N–H and O–H groups in total. The number of rotatable bonds is 7. The third-order valence-corrected chi connectivity index (χ3v) is 5.30. The first-order chi connectivity index (χ1) is 9.02. The number of nitrogens with one attached hydrogen (secondary N) is 1. The molecule has 0 aromatic carbocycles. The van der Waals surface area contributed by atoms with Gasteiger partial charge in [0.2, 0.25) is 0 Å². The van der Waals surface area contributed by atoms with Crippen LogP contribution in [0, 0.1) is 5.92 Å². The minimum atomic E-state index is 0.528. The Hall–Kier alpha value is -0.610. The van der Waals surface area contributed by atoms with E-state index in [1.165, 1.54) is 28.5 Å². The smallest absolute Gasteiger partial charge is 0.185 e. The molecule has 1 fully saturated rings. The fraction of sp³-hybridized carbons (Fsp3) is 0.800. The minimum Gasteiger partial charge on any atom is -0.348 e. The van der Waals surface area contributed by atoms with E-state index in [0.717, 1.165) is 19.0 Å². The van der Waals surface area contributed by atoms with Crippen molar-refractivity contribution in [3.63, 3.8) is 0 Å². The van der Waals surface area contributed by atoms with Gasteiger partial charge in [-0.1, -0.05) is 20.8 Å². The second-order valence-electron chi connectivity index (χ2n) is 5.97. The lowest BCUT2D eigenvalue weighted by Crippen LogP contribution is -2.33. The fourth-order valence-corrected chi connectivity index (χ4v) is 3.23. The van der Waals surface area contributed by atoms with Gasteiger partial charge in [0.1, 0.15) is 0 Å². The Bertz CT molecular complexity index is 410. The summed E-state index contributed by atoms with van der Waals surface area (Å²) in [7, 11) is 2.17. The van der Waals surface area contributed by atoms with Crippen molar-refractivity contribution >= 4 is 16.5 Å².